The molecule has 5 heteroatoms. The van der Waals surface area contributed by atoms with Gasteiger partial charge in [-0.15, -0.1) is 0 Å². The Balaban J connectivity index is 2.44. The normalized spacial score (nSPS) is 16.8. The third kappa shape index (κ3) is 2.54. The molecule has 1 aliphatic heterocycles. The average molecular weight is 261 g/mol. The first-order valence-corrected chi connectivity index (χ1v) is 5.61. The van der Waals surface area contributed by atoms with Crippen molar-refractivity contribution in [2.24, 2.45) is 0 Å². The molecule has 0 radical (unpaired) electrons. The Kier molecular flexibility index (Phi) is 3.46. The quantitative estimate of drug-likeness (QED) is 0.652. The number of allylic oxidation sites excluding steroid dienone is 1. The summed E-state index contributed by atoms with van der Waals surface area (Å²) in [5.41, 5.74) is 1.50. The molecule has 1 aliphatic rings. The highest BCUT2D eigenvalue weighted by molar-refractivity contribution is 6.16. The Hall–Kier alpha value is -2.43. The lowest BCUT2D eigenvalue weighted by molar-refractivity contribution is -0.136. The summed E-state index contributed by atoms with van der Waals surface area (Å²) in [5, 5.41) is 2.56. The summed E-state index contributed by atoms with van der Waals surface area (Å²) < 4.78 is 17.5. The molecule has 1 amide bonds. The first-order valence-electron chi connectivity index (χ1n) is 5.61. The molecule has 0 fully saturated rings. The van der Waals surface area contributed by atoms with Crippen LogP contribution in [0.2, 0.25) is 0 Å². The zero-order chi connectivity index (χ0) is 14.0. The highest BCUT2D eigenvalue weighted by Crippen LogP contribution is 2.24. The number of hydrogen-bond acceptors (Lipinski definition) is 3. The van der Waals surface area contributed by atoms with Crippen LogP contribution in [0, 0.1) is 5.82 Å². The van der Waals surface area contributed by atoms with Crippen molar-refractivity contribution in [3.63, 3.8) is 0 Å². The summed E-state index contributed by atoms with van der Waals surface area (Å²) in [6.07, 6.45) is 1.53. The van der Waals surface area contributed by atoms with Gasteiger partial charge in [0.25, 0.3) is 5.91 Å². The van der Waals surface area contributed by atoms with E-state index in [4.69, 9.17) is 0 Å². The van der Waals surface area contributed by atoms with Crippen LogP contribution < -0.4 is 5.32 Å². The summed E-state index contributed by atoms with van der Waals surface area (Å²) in [6, 6.07) is 5.62. The molecule has 1 aromatic rings. The molecular weight excluding hydrogens is 249 g/mol. The second-order valence-corrected chi connectivity index (χ2v) is 4.06. The third-order valence-electron chi connectivity index (χ3n) is 2.76. The third-order valence-corrected chi connectivity index (χ3v) is 2.76. The molecule has 4 nitrogen and oxygen atoms in total. The van der Waals surface area contributed by atoms with Crippen LogP contribution in [-0.2, 0) is 14.3 Å². The van der Waals surface area contributed by atoms with E-state index in [9.17, 15) is 14.0 Å². The highest BCUT2D eigenvalue weighted by Gasteiger charge is 2.30. The van der Waals surface area contributed by atoms with Gasteiger partial charge < -0.3 is 10.1 Å². The maximum atomic E-state index is 12.8. The Morgan fingerprint density at radius 3 is 2.53 bits per heavy atom. The van der Waals surface area contributed by atoms with Crippen LogP contribution in [0.1, 0.15) is 12.5 Å². The van der Waals surface area contributed by atoms with Crippen molar-refractivity contribution in [3.05, 3.63) is 52.5 Å². The first kappa shape index (κ1) is 13.0. The van der Waals surface area contributed by atoms with E-state index in [0.717, 1.165) is 0 Å². The lowest BCUT2D eigenvalue weighted by Gasteiger charge is -2.02. The van der Waals surface area contributed by atoms with Crippen LogP contribution >= 0.6 is 0 Å². The van der Waals surface area contributed by atoms with Crippen molar-refractivity contribution in [2.45, 2.75) is 6.92 Å². The van der Waals surface area contributed by atoms with Gasteiger partial charge in [0, 0.05) is 5.70 Å². The van der Waals surface area contributed by atoms with Gasteiger partial charge in [0.15, 0.2) is 0 Å². The molecule has 2 rings (SSSR count). The van der Waals surface area contributed by atoms with Crippen molar-refractivity contribution in [1.82, 2.24) is 5.32 Å². The number of halogens is 1. The lowest BCUT2D eigenvalue weighted by Crippen LogP contribution is -2.15. The van der Waals surface area contributed by atoms with Gasteiger partial charge in [-0.05, 0) is 30.7 Å². The number of esters is 1. The maximum Gasteiger partial charge on any atom is 0.340 e. The van der Waals surface area contributed by atoms with Crippen molar-refractivity contribution in [2.75, 3.05) is 7.11 Å². The number of benzene rings is 1. The fourth-order valence-electron chi connectivity index (χ4n) is 1.84. The fourth-order valence-corrected chi connectivity index (χ4v) is 1.84. The molecule has 0 unspecified atom stereocenters. The standard InChI is InChI=1S/C14H12FNO3/c1-8-12(14(18)19-2)11(13(17)16-8)7-9-3-5-10(15)6-4-9/h3-7H,1-2H3,(H,16,17). The molecule has 19 heavy (non-hydrogen) atoms. The van der Waals surface area contributed by atoms with Crippen LogP contribution in [0.25, 0.3) is 6.08 Å². The van der Waals surface area contributed by atoms with Crippen molar-refractivity contribution >= 4 is 18.0 Å². The van der Waals surface area contributed by atoms with Gasteiger partial charge in [-0.1, -0.05) is 12.1 Å². The molecule has 0 bridgehead atoms. The number of methoxy groups -OCH3 is 1. The van der Waals surface area contributed by atoms with Gasteiger partial charge in [-0.2, -0.15) is 0 Å². The predicted octanol–water partition coefficient (Wildman–Crippen LogP) is 1.79. The number of hydrogen-bond donors (Lipinski definition) is 1. The number of amides is 1. The lowest BCUT2D eigenvalue weighted by atomic mass is 10.0. The minimum atomic E-state index is -0.579. The van der Waals surface area contributed by atoms with Crippen molar-refractivity contribution in [3.8, 4) is 0 Å². The summed E-state index contributed by atoms with van der Waals surface area (Å²) in [4.78, 5) is 23.4. The Bertz CT molecular complexity index is 600. The molecule has 1 heterocycles. The molecule has 0 aromatic heterocycles. The van der Waals surface area contributed by atoms with Gasteiger partial charge in [0.1, 0.15) is 5.82 Å². The molecule has 0 spiro atoms. The number of rotatable bonds is 2. The van der Waals surface area contributed by atoms with Crippen LogP contribution in [0.15, 0.2) is 41.1 Å². The van der Waals surface area contributed by atoms with Gasteiger partial charge in [-0.3, -0.25) is 4.79 Å². The molecule has 1 N–H and O–H groups in total. The second-order valence-electron chi connectivity index (χ2n) is 4.06. The minimum Gasteiger partial charge on any atom is -0.465 e. The van der Waals surface area contributed by atoms with E-state index in [1.807, 2.05) is 0 Å². The van der Waals surface area contributed by atoms with E-state index in [1.54, 1.807) is 6.92 Å². The van der Waals surface area contributed by atoms with Gasteiger partial charge in [0.05, 0.1) is 18.3 Å². The number of ether oxygens (including phenoxy) is 1. The molecular formula is C14H12FNO3. The number of carbonyl (C=O) groups excluding carboxylic acids is 2. The molecule has 98 valence electrons. The number of carbonyl (C=O) groups is 2. The topological polar surface area (TPSA) is 55.4 Å². The van der Waals surface area contributed by atoms with Gasteiger partial charge in [0.2, 0.25) is 0 Å². The number of nitrogens with one attached hydrogen (secondary N) is 1. The van der Waals surface area contributed by atoms with Gasteiger partial charge >= 0.3 is 5.97 Å². The zero-order valence-electron chi connectivity index (χ0n) is 10.5. The minimum absolute atomic E-state index is 0.205. The van der Waals surface area contributed by atoms with Crippen LogP contribution in [0.4, 0.5) is 4.39 Å². The van der Waals surface area contributed by atoms with Crippen molar-refractivity contribution < 1.29 is 18.7 Å². The highest BCUT2D eigenvalue weighted by atomic mass is 19.1. The van der Waals surface area contributed by atoms with Crippen LogP contribution in [-0.4, -0.2) is 19.0 Å². The van der Waals surface area contributed by atoms with Crippen molar-refractivity contribution in [1.29, 1.82) is 0 Å². The van der Waals surface area contributed by atoms with Gasteiger partial charge in [-0.25, -0.2) is 9.18 Å². The fraction of sp³-hybridized carbons (Fsp3) is 0.143. The van der Waals surface area contributed by atoms with E-state index in [-0.39, 0.29) is 22.9 Å². The summed E-state index contributed by atoms with van der Waals surface area (Å²) in [5.74, 6) is -1.32. The van der Waals surface area contributed by atoms with E-state index in [0.29, 0.717) is 11.3 Å². The van der Waals surface area contributed by atoms with E-state index in [1.165, 1.54) is 37.5 Å². The average Bonchev–Trinajstić information content (AvgIpc) is 2.66. The van der Waals surface area contributed by atoms with Crippen LogP contribution in [0.5, 0.6) is 0 Å². The zero-order valence-corrected chi connectivity index (χ0v) is 10.5. The summed E-state index contributed by atoms with van der Waals surface area (Å²) in [6.45, 7) is 1.62. The molecule has 0 saturated heterocycles. The molecule has 0 atom stereocenters. The Morgan fingerprint density at radius 2 is 1.95 bits per heavy atom. The monoisotopic (exact) mass is 261 g/mol. The van der Waals surface area contributed by atoms with E-state index < -0.39 is 5.97 Å². The first-order chi connectivity index (χ1) is 9.02. The molecule has 0 saturated carbocycles. The SMILES string of the molecule is COC(=O)C1=C(C)NC(=O)C1=Cc1ccc(F)cc1. The van der Waals surface area contributed by atoms with E-state index in [2.05, 4.69) is 10.1 Å². The largest absolute Gasteiger partial charge is 0.465 e. The van der Waals surface area contributed by atoms with E-state index >= 15 is 0 Å². The molecule has 1 aromatic carbocycles. The maximum absolute atomic E-state index is 12.8. The Labute approximate surface area is 109 Å². The summed E-state index contributed by atoms with van der Waals surface area (Å²) in [7, 11) is 1.25. The predicted molar refractivity (Wildman–Crippen MR) is 67.2 cm³/mol. The summed E-state index contributed by atoms with van der Waals surface area (Å²) >= 11 is 0. The smallest absolute Gasteiger partial charge is 0.340 e. The Morgan fingerprint density at radius 1 is 1.32 bits per heavy atom. The second kappa shape index (κ2) is 5.06. The molecule has 0 aliphatic carbocycles. The van der Waals surface area contributed by atoms with Crippen LogP contribution in [0.3, 0.4) is 0 Å².